The van der Waals surface area contributed by atoms with Crippen molar-refractivity contribution in [1.29, 1.82) is 0 Å². The summed E-state index contributed by atoms with van der Waals surface area (Å²) in [5.41, 5.74) is 0.493. The van der Waals surface area contributed by atoms with E-state index in [-0.39, 0.29) is 11.9 Å². The van der Waals surface area contributed by atoms with Gasteiger partial charge < -0.3 is 5.32 Å². The smallest absolute Gasteiger partial charge is 0.253 e. The van der Waals surface area contributed by atoms with Crippen LogP contribution in [0.1, 0.15) is 36.0 Å². The van der Waals surface area contributed by atoms with Gasteiger partial charge in [0.15, 0.2) is 0 Å². The topological polar surface area (TPSA) is 42.0 Å². The Balaban J connectivity index is 2.04. The molecule has 5 heteroatoms. The Hall–Kier alpha value is -0.610. The van der Waals surface area contributed by atoms with Gasteiger partial charge in [0.05, 0.1) is 10.6 Å². The van der Waals surface area contributed by atoms with E-state index < -0.39 is 0 Å². The number of aromatic nitrogens is 1. The van der Waals surface area contributed by atoms with Gasteiger partial charge in [-0.25, -0.2) is 0 Å². The van der Waals surface area contributed by atoms with Crippen LogP contribution in [0.3, 0.4) is 0 Å². The molecule has 3 nitrogen and oxygen atoms in total. The Kier molecular flexibility index (Phi) is 4.40. The predicted molar refractivity (Wildman–Crippen MR) is 71.7 cm³/mol. The molecule has 0 aromatic carbocycles. The van der Waals surface area contributed by atoms with Crippen molar-refractivity contribution in [3.8, 4) is 0 Å². The van der Waals surface area contributed by atoms with Crippen LogP contribution in [0.2, 0.25) is 5.02 Å². The van der Waals surface area contributed by atoms with Crippen LogP contribution in [0, 0.1) is 0 Å². The van der Waals surface area contributed by atoms with E-state index in [4.69, 9.17) is 11.6 Å². The van der Waals surface area contributed by atoms with Crippen LogP contribution >= 0.6 is 27.5 Å². The highest BCUT2D eigenvalue weighted by Gasteiger charge is 2.25. The number of carbonyl (C=O) groups excluding carboxylic acids is 1. The standard InChI is InChI=1S/C12H14BrClN2O/c13-9-3-1-2-4-11(9)16-12(17)8-5-6-15-7-10(8)14/h5-7,9,11H,1-4H2,(H,16,17). The second-order valence-electron chi connectivity index (χ2n) is 4.24. The van der Waals surface area contributed by atoms with E-state index in [1.807, 2.05) is 0 Å². The SMILES string of the molecule is O=C(NC1CCCCC1Br)c1ccncc1Cl. The highest BCUT2D eigenvalue weighted by Crippen LogP contribution is 2.25. The molecule has 0 bridgehead atoms. The summed E-state index contributed by atoms with van der Waals surface area (Å²) in [7, 11) is 0. The fourth-order valence-electron chi connectivity index (χ4n) is 2.05. The molecule has 0 spiro atoms. The summed E-state index contributed by atoms with van der Waals surface area (Å²) in [4.78, 5) is 16.3. The molecule has 2 atom stereocenters. The molecule has 1 heterocycles. The normalized spacial score (nSPS) is 24.4. The molecule has 1 aromatic heterocycles. The average Bonchev–Trinajstić information content (AvgIpc) is 2.32. The third-order valence-electron chi connectivity index (χ3n) is 3.02. The summed E-state index contributed by atoms with van der Waals surface area (Å²) in [6.07, 6.45) is 7.57. The summed E-state index contributed by atoms with van der Waals surface area (Å²) in [5.74, 6) is -0.117. The minimum atomic E-state index is -0.117. The summed E-state index contributed by atoms with van der Waals surface area (Å²) >= 11 is 9.55. The molecule has 1 aromatic rings. The molecule has 1 N–H and O–H groups in total. The molecule has 2 unspecified atom stereocenters. The molecule has 0 aliphatic heterocycles. The van der Waals surface area contributed by atoms with Gasteiger partial charge in [0.25, 0.3) is 5.91 Å². The molecule has 92 valence electrons. The van der Waals surface area contributed by atoms with Crippen molar-refractivity contribution in [2.75, 3.05) is 0 Å². The van der Waals surface area contributed by atoms with Crippen LogP contribution in [-0.2, 0) is 0 Å². The lowest BCUT2D eigenvalue weighted by Gasteiger charge is -2.28. The van der Waals surface area contributed by atoms with Gasteiger partial charge in [-0.3, -0.25) is 9.78 Å². The molecule has 1 aliphatic carbocycles. The van der Waals surface area contributed by atoms with E-state index in [2.05, 4.69) is 26.2 Å². The Morgan fingerprint density at radius 3 is 2.94 bits per heavy atom. The summed E-state index contributed by atoms with van der Waals surface area (Å²) < 4.78 is 0. The van der Waals surface area contributed by atoms with Crippen molar-refractivity contribution in [2.45, 2.75) is 36.6 Å². The highest BCUT2D eigenvalue weighted by atomic mass is 79.9. The molecular formula is C12H14BrClN2O. The largest absolute Gasteiger partial charge is 0.348 e. The number of alkyl halides is 1. The van der Waals surface area contributed by atoms with E-state index >= 15 is 0 Å². The third kappa shape index (κ3) is 3.19. The number of hydrogen-bond acceptors (Lipinski definition) is 2. The van der Waals surface area contributed by atoms with Gasteiger partial charge in [-0.1, -0.05) is 40.4 Å². The van der Waals surface area contributed by atoms with Crippen LogP contribution in [0.15, 0.2) is 18.5 Å². The molecule has 0 saturated heterocycles. The summed E-state index contributed by atoms with van der Waals surface area (Å²) in [5, 5.41) is 3.42. The molecular weight excluding hydrogens is 304 g/mol. The molecule has 2 rings (SSSR count). The highest BCUT2D eigenvalue weighted by molar-refractivity contribution is 9.09. The van der Waals surface area contributed by atoms with Crippen LogP contribution in [0.25, 0.3) is 0 Å². The van der Waals surface area contributed by atoms with E-state index in [0.29, 0.717) is 15.4 Å². The zero-order valence-corrected chi connectivity index (χ0v) is 11.7. The molecule has 1 saturated carbocycles. The van der Waals surface area contributed by atoms with Crippen LogP contribution < -0.4 is 5.32 Å². The molecule has 1 amide bonds. The maximum absolute atomic E-state index is 12.0. The van der Waals surface area contributed by atoms with Crippen molar-refractivity contribution in [2.24, 2.45) is 0 Å². The van der Waals surface area contributed by atoms with Crippen LogP contribution in [0.4, 0.5) is 0 Å². The quantitative estimate of drug-likeness (QED) is 0.851. The minimum absolute atomic E-state index is 0.117. The lowest BCUT2D eigenvalue weighted by molar-refractivity contribution is 0.0930. The number of hydrogen-bond donors (Lipinski definition) is 1. The van der Waals surface area contributed by atoms with E-state index in [0.717, 1.165) is 19.3 Å². The van der Waals surface area contributed by atoms with E-state index in [1.54, 1.807) is 12.3 Å². The van der Waals surface area contributed by atoms with Gasteiger partial charge in [0.2, 0.25) is 0 Å². The molecule has 1 aliphatic rings. The zero-order valence-electron chi connectivity index (χ0n) is 9.33. The Morgan fingerprint density at radius 2 is 2.24 bits per heavy atom. The van der Waals surface area contributed by atoms with E-state index in [1.165, 1.54) is 12.6 Å². The number of amides is 1. The second kappa shape index (κ2) is 5.83. The van der Waals surface area contributed by atoms with Crippen molar-refractivity contribution in [3.05, 3.63) is 29.0 Å². The van der Waals surface area contributed by atoms with Gasteiger partial charge in [-0.15, -0.1) is 0 Å². The number of pyridine rings is 1. The Labute approximate surface area is 114 Å². The number of nitrogens with one attached hydrogen (secondary N) is 1. The number of halogens is 2. The first kappa shape index (κ1) is 12.8. The van der Waals surface area contributed by atoms with Crippen molar-refractivity contribution in [1.82, 2.24) is 10.3 Å². The monoisotopic (exact) mass is 316 g/mol. The van der Waals surface area contributed by atoms with Gasteiger partial charge in [-0.05, 0) is 18.9 Å². The van der Waals surface area contributed by atoms with Gasteiger partial charge >= 0.3 is 0 Å². The van der Waals surface area contributed by atoms with Crippen molar-refractivity contribution < 1.29 is 4.79 Å². The van der Waals surface area contributed by atoms with Gasteiger partial charge in [-0.2, -0.15) is 0 Å². The van der Waals surface area contributed by atoms with Crippen LogP contribution in [-0.4, -0.2) is 21.8 Å². The first-order valence-corrected chi connectivity index (χ1v) is 7.02. The van der Waals surface area contributed by atoms with E-state index in [9.17, 15) is 4.79 Å². The van der Waals surface area contributed by atoms with Gasteiger partial charge in [0.1, 0.15) is 0 Å². The van der Waals surface area contributed by atoms with Gasteiger partial charge in [0, 0.05) is 23.3 Å². The minimum Gasteiger partial charge on any atom is -0.348 e. The maximum Gasteiger partial charge on any atom is 0.253 e. The first-order chi connectivity index (χ1) is 8.18. The average molecular weight is 318 g/mol. The lowest BCUT2D eigenvalue weighted by Crippen LogP contribution is -2.42. The number of carbonyl (C=O) groups is 1. The lowest BCUT2D eigenvalue weighted by atomic mass is 9.95. The summed E-state index contributed by atoms with van der Waals surface area (Å²) in [6, 6.07) is 1.84. The third-order valence-corrected chi connectivity index (χ3v) is 4.41. The fourth-order valence-corrected chi connectivity index (χ4v) is 2.98. The Morgan fingerprint density at radius 1 is 1.47 bits per heavy atom. The van der Waals surface area contributed by atoms with Crippen molar-refractivity contribution >= 4 is 33.4 Å². The summed E-state index contributed by atoms with van der Waals surface area (Å²) in [6.45, 7) is 0. The maximum atomic E-state index is 12.0. The van der Waals surface area contributed by atoms with Crippen LogP contribution in [0.5, 0.6) is 0 Å². The number of rotatable bonds is 2. The first-order valence-electron chi connectivity index (χ1n) is 5.73. The fraction of sp³-hybridized carbons (Fsp3) is 0.500. The Bertz CT molecular complexity index is 413. The predicted octanol–water partition coefficient (Wildman–Crippen LogP) is 3.17. The molecule has 0 radical (unpaired) electrons. The number of nitrogens with zero attached hydrogens (tertiary/aromatic N) is 1. The second-order valence-corrected chi connectivity index (χ2v) is 5.82. The zero-order chi connectivity index (χ0) is 12.3. The molecule has 1 fully saturated rings. The molecule has 17 heavy (non-hydrogen) atoms. The van der Waals surface area contributed by atoms with Crippen molar-refractivity contribution in [3.63, 3.8) is 0 Å².